The first-order valence-corrected chi connectivity index (χ1v) is 7.00. The SMILES string of the molecule is CCC1(CNCc2ccc3ccccc3c2)CC1. The van der Waals surface area contributed by atoms with E-state index in [1.165, 1.54) is 42.1 Å². The lowest BCUT2D eigenvalue weighted by Crippen LogP contribution is -2.23. The van der Waals surface area contributed by atoms with Crippen molar-refractivity contribution in [3.63, 3.8) is 0 Å². The normalized spacial score (nSPS) is 16.9. The van der Waals surface area contributed by atoms with Crippen LogP contribution in [-0.2, 0) is 6.54 Å². The molecule has 0 unspecified atom stereocenters. The molecule has 0 amide bonds. The monoisotopic (exact) mass is 239 g/mol. The van der Waals surface area contributed by atoms with Gasteiger partial charge in [0.05, 0.1) is 0 Å². The molecule has 1 nitrogen and oxygen atoms in total. The summed E-state index contributed by atoms with van der Waals surface area (Å²) in [6.45, 7) is 4.48. The third-order valence-corrected chi connectivity index (χ3v) is 4.35. The quantitative estimate of drug-likeness (QED) is 0.827. The van der Waals surface area contributed by atoms with Crippen molar-refractivity contribution < 1.29 is 0 Å². The van der Waals surface area contributed by atoms with Crippen molar-refractivity contribution in [1.29, 1.82) is 0 Å². The Morgan fingerprint density at radius 1 is 1.06 bits per heavy atom. The van der Waals surface area contributed by atoms with Gasteiger partial charge in [-0.15, -0.1) is 0 Å². The van der Waals surface area contributed by atoms with Gasteiger partial charge in [-0.3, -0.25) is 0 Å². The highest BCUT2D eigenvalue weighted by Gasteiger charge is 2.39. The smallest absolute Gasteiger partial charge is 0.0205 e. The Labute approximate surface area is 109 Å². The van der Waals surface area contributed by atoms with Crippen molar-refractivity contribution in [3.05, 3.63) is 48.0 Å². The van der Waals surface area contributed by atoms with Gasteiger partial charge in [0, 0.05) is 13.1 Å². The molecule has 0 bridgehead atoms. The van der Waals surface area contributed by atoms with Gasteiger partial charge in [0.2, 0.25) is 0 Å². The molecule has 0 saturated heterocycles. The molecule has 3 rings (SSSR count). The van der Waals surface area contributed by atoms with Crippen LogP contribution in [0.5, 0.6) is 0 Å². The molecule has 1 fully saturated rings. The second kappa shape index (κ2) is 4.74. The zero-order valence-corrected chi connectivity index (χ0v) is 11.1. The Hall–Kier alpha value is -1.34. The molecule has 0 spiro atoms. The zero-order valence-electron chi connectivity index (χ0n) is 11.1. The second-order valence-electron chi connectivity index (χ2n) is 5.64. The van der Waals surface area contributed by atoms with Crippen LogP contribution in [0.15, 0.2) is 42.5 Å². The van der Waals surface area contributed by atoms with E-state index in [-0.39, 0.29) is 0 Å². The molecule has 1 aliphatic rings. The summed E-state index contributed by atoms with van der Waals surface area (Å²) >= 11 is 0. The first-order chi connectivity index (χ1) is 8.81. The number of hydrogen-bond acceptors (Lipinski definition) is 1. The van der Waals surface area contributed by atoms with Gasteiger partial charge < -0.3 is 5.32 Å². The summed E-state index contributed by atoms with van der Waals surface area (Å²) in [5.41, 5.74) is 2.03. The maximum Gasteiger partial charge on any atom is 0.0205 e. The van der Waals surface area contributed by atoms with Crippen LogP contribution in [0, 0.1) is 5.41 Å². The van der Waals surface area contributed by atoms with Crippen molar-refractivity contribution in [2.45, 2.75) is 32.7 Å². The van der Waals surface area contributed by atoms with Crippen LogP contribution in [0.3, 0.4) is 0 Å². The molecular weight excluding hydrogens is 218 g/mol. The fraction of sp³-hybridized carbons (Fsp3) is 0.412. The van der Waals surface area contributed by atoms with E-state index >= 15 is 0 Å². The highest BCUT2D eigenvalue weighted by molar-refractivity contribution is 5.82. The molecule has 0 aromatic heterocycles. The Kier molecular flexibility index (Phi) is 3.09. The summed E-state index contributed by atoms with van der Waals surface area (Å²) in [5, 5.41) is 6.29. The van der Waals surface area contributed by atoms with Gasteiger partial charge in [-0.1, -0.05) is 43.3 Å². The predicted octanol–water partition coefficient (Wildman–Crippen LogP) is 4.12. The Bertz CT molecular complexity index is 540. The maximum absolute atomic E-state index is 3.62. The minimum atomic E-state index is 0.636. The van der Waals surface area contributed by atoms with Crippen LogP contribution in [-0.4, -0.2) is 6.54 Å². The largest absolute Gasteiger partial charge is 0.312 e. The average molecular weight is 239 g/mol. The van der Waals surface area contributed by atoms with Gasteiger partial charge >= 0.3 is 0 Å². The molecule has 0 aliphatic heterocycles. The van der Waals surface area contributed by atoms with E-state index in [4.69, 9.17) is 0 Å². The van der Waals surface area contributed by atoms with E-state index in [1.807, 2.05) is 0 Å². The van der Waals surface area contributed by atoms with Crippen LogP contribution in [0.2, 0.25) is 0 Å². The number of nitrogens with one attached hydrogen (secondary N) is 1. The van der Waals surface area contributed by atoms with Gasteiger partial charge in [-0.05, 0) is 47.1 Å². The first kappa shape index (κ1) is 11.7. The molecule has 18 heavy (non-hydrogen) atoms. The first-order valence-electron chi connectivity index (χ1n) is 7.00. The van der Waals surface area contributed by atoms with Crippen molar-refractivity contribution in [3.8, 4) is 0 Å². The van der Waals surface area contributed by atoms with Gasteiger partial charge in [0.25, 0.3) is 0 Å². The van der Waals surface area contributed by atoms with Gasteiger partial charge in [-0.25, -0.2) is 0 Å². The lowest BCUT2D eigenvalue weighted by atomic mass is 10.0. The van der Waals surface area contributed by atoms with E-state index < -0.39 is 0 Å². The summed E-state index contributed by atoms with van der Waals surface area (Å²) in [7, 11) is 0. The van der Waals surface area contributed by atoms with Gasteiger partial charge in [0.1, 0.15) is 0 Å². The van der Waals surface area contributed by atoms with E-state index in [0.717, 1.165) is 6.54 Å². The summed E-state index contributed by atoms with van der Waals surface area (Å²) in [4.78, 5) is 0. The van der Waals surface area contributed by atoms with Crippen LogP contribution >= 0.6 is 0 Å². The summed E-state index contributed by atoms with van der Waals surface area (Å²) in [6.07, 6.45) is 4.14. The van der Waals surface area contributed by atoms with Gasteiger partial charge in [0.15, 0.2) is 0 Å². The van der Waals surface area contributed by atoms with Crippen LogP contribution < -0.4 is 5.32 Å². The molecule has 2 aromatic carbocycles. The Morgan fingerprint density at radius 3 is 2.56 bits per heavy atom. The molecule has 1 N–H and O–H groups in total. The second-order valence-corrected chi connectivity index (χ2v) is 5.64. The van der Waals surface area contributed by atoms with Crippen molar-refractivity contribution in [2.24, 2.45) is 5.41 Å². The fourth-order valence-corrected chi connectivity index (χ4v) is 2.65. The minimum absolute atomic E-state index is 0.636. The van der Waals surface area contributed by atoms with E-state index in [1.54, 1.807) is 0 Å². The fourth-order valence-electron chi connectivity index (χ4n) is 2.65. The molecule has 0 radical (unpaired) electrons. The standard InChI is InChI=1S/C17H21N/c1-2-17(9-10-17)13-18-12-14-7-8-15-5-3-4-6-16(15)11-14/h3-8,11,18H,2,9-10,12-13H2,1H3. The van der Waals surface area contributed by atoms with Gasteiger partial charge in [-0.2, -0.15) is 0 Å². The Balaban J connectivity index is 1.64. The summed E-state index contributed by atoms with van der Waals surface area (Å²) < 4.78 is 0. The highest BCUT2D eigenvalue weighted by Crippen LogP contribution is 2.47. The van der Waals surface area contributed by atoms with Crippen LogP contribution in [0.4, 0.5) is 0 Å². The topological polar surface area (TPSA) is 12.0 Å². The molecule has 1 saturated carbocycles. The number of fused-ring (bicyclic) bond motifs is 1. The highest BCUT2D eigenvalue weighted by atomic mass is 14.9. The van der Waals surface area contributed by atoms with Crippen LogP contribution in [0.25, 0.3) is 10.8 Å². The molecule has 2 aromatic rings. The molecule has 0 heterocycles. The van der Waals surface area contributed by atoms with Crippen molar-refractivity contribution >= 4 is 10.8 Å². The average Bonchev–Trinajstić information content (AvgIpc) is 3.19. The maximum atomic E-state index is 3.62. The van der Waals surface area contributed by atoms with E-state index in [2.05, 4.69) is 54.7 Å². The lowest BCUT2D eigenvalue weighted by Gasteiger charge is -2.13. The summed E-state index contributed by atoms with van der Waals surface area (Å²) in [6, 6.07) is 15.3. The predicted molar refractivity (Wildman–Crippen MR) is 77.6 cm³/mol. The van der Waals surface area contributed by atoms with Crippen molar-refractivity contribution in [2.75, 3.05) is 6.54 Å². The number of rotatable bonds is 5. The molecular formula is C17H21N. The molecule has 1 aliphatic carbocycles. The lowest BCUT2D eigenvalue weighted by molar-refractivity contribution is 0.443. The summed E-state index contributed by atoms with van der Waals surface area (Å²) in [5.74, 6) is 0. The third kappa shape index (κ3) is 2.41. The Morgan fingerprint density at radius 2 is 1.83 bits per heavy atom. The van der Waals surface area contributed by atoms with Crippen molar-refractivity contribution in [1.82, 2.24) is 5.32 Å². The van der Waals surface area contributed by atoms with E-state index in [9.17, 15) is 0 Å². The van der Waals surface area contributed by atoms with E-state index in [0.29, 0.717) is 5.41 Å². The molecule has 0 atom stereocenters. The molecule has 1 heteroatoms. The number of benzene rings is 2. The zero-order chi connectivity index (χ0) is 12.4. The number of hydrogen-bond donors (Lipinski definition) is 1. The van der Waals surface area contributed by atoms with Crippen LogP contribution in [0.1, 0.15) is 31.7 Å². The molecule has 94 valence electrons. The minimum Gasteiger partial charge on any atom is -0.312 e. The third-order valence-electron chi connectivity index (χ3n) is 4.35.